The van der Waals surface area contributed by atoms with Crippen LogP contribution < -0.4 is 5.32 Å². The van der Waals surface area contributed by atoms with Gasteiger partial charge in [-0.05, 0) is 12.5 Å². The van der Waals surface area contributed by atoms with Crippen LogP contribution in [0, 0.1) is 10.1 Å². The van der Waals surface area contributed by atoms with Crippen molar-refractivity contribution in [1.29, 1.82) is 0 Å². The third kappa shape index (κ3) is 5.11. The average molecular weight is 462 g/mol. The SMILES string of the molecule is C=CCOP(=O)(OCC=C)C1=C(C)NC(C=O)=C(C(=O)OC)C1c1cccc([N+](=O)[O-])c1. The lowest BCUT2D eigenvalue weighted by molar-refractivity contribution is -0.384. The first kappa shape index (κ1) is 24.9. The van der Waals surface area contributed by atoms with E-state index in [-0.39, 0.29) is 46.7 Å². The lowest BCUT2D eigenvalue weighted by atomic mass is 9.86. The van der Waals surface area contributed by atoms with Crippen LogP contribution >= 0.6 is 7.60 Å². The van der Waals surface area contributed by atoms with Crippen molar-refractivity contribution in [3.63, 3.8) is 0 Å². The number of carbonyl (C=O) groups excluding carboxylic acids is 2. The van der Waals surface area contributed by atoms with Crippen LogP contribution in [0.3, 0.4) is 0 Å². The van der Waals surface area contributed by atoms with Crippen molar-refractivity contribution in [2.24, 2.45) is 0 Å². The predicted octanol–water partition coefficient (Wildman–Crippen LogP) is 3.74. The van der Waals surface area contributed by atoms with E-state index in [0.29, 0.717) is 6.29 Å². The number of esters is 1. The summed E-state index contributed by atoms with van der Waals surface area (Å²) < 4.78 is 29.8. The average Bonchev–Trinajstić information content (AvgIpc) is 2.80. The molecule has 0 radical (unpaired) electrons. The number of carbonyl (C=O) groups is 2. The number of dihydropyridines is 1. The number of nitrogens with one attached hydrogen (secondary N) is 1. The van der Waals surface area contributed by atoms with Gasteiger partial charge in [-0.15, -0.1) is 13.2 Å². The van der Waals surface area contributed by atoms with Crippen LogP contribution in [0.5, 0.6) is 0 Å². The van der Waals surface area contributed by atoms with Gasteiger partial charge in [-0.2, -0.15) is 0 Å². The second-order valence-corrected chi connectivity index (χ2v) is 8.52. The molecule has 1 aromatic rings. The van der Waals surface area contributed by atoms with Crippen molar-refractivity contribution in [3.05, 3.63) is 87.5 Å². The van der Waals surface area contributed by atoms with Gasteiger partial charge in [-0.3, -0.25) is 19.5 Å². The third-order valence-electron chi connectivity index (χ3n) is 4.52. The molecule has 0 fully saturated rings. The van der Waals surface area contributed by atoms with Gasteiger partial charge in [-0.1, -0.05) is 24.3 Å². The van der Waals surface area contributed by atoms with E-state index in [1.54, 1.807) is 0 Å². The molecular formula is C21H23N2O8P. The van der Waals surface area contributed by atoms with E-state index in [9.17, 15) is 24.3 Å². The molecule has 10 nitrogen and oxygen atoms in total. The van der Waals surface area contributed by atoms with E-state index in [2.05, 4.69) is 18.5 Å². The molecule has 1 aromatic carbocycles. The first-order chi connectivity index (χ1) is 15.2. The van der Waals surface area contributed by atoms with Crippen LogP contribution in [-0.2, 0) is 27.9 Å². The molecule has 0 spiro atoms. The standard InChI is InChI=1S/C21H23N2O8P/c1-5-10-30-32(28,31-11-6-2)20-14(3)22-17(13-24)19(21(25)29-4)18(20)15-8-7-9-16(12-15)23(26)27/h5-9,12-13,18,22H,1-2,10-11H2,3-4H3. The van der Waals surface area contributed by atoms with Gasteiger partial charge < -0.3 is 19.1 Å². The summed E-state index contributed by atoms with van der Waals surface area (Å²) in [4.78, 5) is 35.2. The molecule has 1 atom stereocenters. The van der Waals surface area contributed by atoms with Crippen molar-refractivity contribution < 1.29 is 32.9 Å². The minimum Gasteiger partial charge on any atom is -0.466 e. The quantitative estimate of drug-likeness (QED) is 0.130. The molecule has 1 aliphatic rings. The second-order valence-electron chi connectivity index (χ2n) is 6.52. The molecule has 0 aromatic heterocycles. The van der Waals surface area contributed by atoms with Crippen LogP contribution in [0.2, 0.25) is 0 Å². The Morgan fingerprint density at radius 1 is 1.28 bits per heavy atom. The molecule has 11 heteroatoms. The fourth-order valence-corrected chi connectivity index (χ4v) is 5.27. The summed E-state index contributed by atoms with van der Waals surface area (Å²) in [5.74, 6) is -2.08. The number of benzene rings is 1. The number of nitro benzene ring substituents is 1. The van der Waals surface area contributed by atoms with Crippen LogP contribution in [-0.4, -0.2) is 37.5 Å². The zero-order valence-electron chi connectivity index (χ0n) is 17.6. The number of aldehydes is 1. The highest BCUT2D eigenvalue weighted by atomic mass is 31.2. The Balaban J connectivity index is 2.86. The number of nitro groups is 1. The van der Waals surface area contributed by atoms with E-state index in [0.717, 1.165) is 7.11 Å². The molecule has 32 heavy (non-hydrogen) atoms. The first-order valence-electron chi connectivity index (χ1n) is 9.35. The zero-order chi connectivity index (χ0) is 23.9. The highest BCUT2D eigenvalue weighted by Gasteiger charge is 2.45. The maximum atomic E-state index is 13.9. The third-order valence-corrected chi connectivity index (χ3v) is 6.68. The van der Waals surface area contributed by atoms with Gasteiger partial charge in [-0.25, -0.2) is 4.79 Å². The number of rotatable bonds is 11. The minimum atomic E-state index is -4.12. The fraction of sp³-hybridized carbons (Fsp3) is 0.238. The first-order valence-corrected chi connectivity index (χ1v) is 10.9. The Morgan fingerprint density at radius 2 is 1.91 bits per heavy atom. The van der Waals surface area contributed by atoms with Gasteiger partial charge in [0.1, 0.15) is 0 Å². The topological polar surface area (TPSA) is 134 Å². The van der Waals surface area contributed by atoms with Gasteiger partial charge in [0.15, 0.2) is 6.29 Å². The smallest absolute Gasteiger partial charge is 0.360 e. The number of allylic oxidation sites excluding steroid dienone is 3. The van der Waals surface area contributed by atoms with Gasteiger partial charge >= 0.3 is 13.6 Å². The zero-order valence-corrected chi connectivity index (χ0v) is 18.5. The minimum absolute atomic E-state index is 0.00713. The Morgan fingerprint density at radius 3 is 2.41 bits per heavy atom. The van der Waals surface area contributed by atoms with E-state index in [4.69, 9.17) is 13.8 Å². The number of nitrogens with zero attached hydrogens (tertiary/aromatic N) is 1. The molecule has 0 saturated carbocycles. The maximum absolute atomic E-state index is 13.9. The molecular weight excluding hydrogens is 439 g/mol. The maximum Gasteiger partial charge on any atom is 0.360 e. The summed E-state index contributed by atoms with van der Waals surface area (Å²) >= 11 is 0. The van der Waals surface area contributed by atoms with Crippen molar-refractivity contribution in [3.8, 4) is 0 Å². The Kier molecular flexibility index (Phi) is 8.42. The molecule has 0 aliphatic carbocycles. The molecule has 0 amide bonds. The Labute approximate surface area is 184 Å². The molecule has 0 saturated heterocycles. The van der Waals surface area contributed by atoms with Crippen LogP contribution in [0.25, 0.3) is 0 Å². The van der Waals surface area contributed by atoms with E-state index >= 15 is 0 Å². The van der Waals surface area contributed by atoms with Crippen molar-refractivity contribution in [1.82, 2.24) is 5.32 Å². The van der Waals surface area contributed by atoms with E-state index < -0.39 is 24.4 Å². The largest absolute Gasteiger partial charge is 0.466 e. The van der Waals surface area contributed by atoms with Gasteiger partial charge in [0.05, 0.1) is 47.7 Å². The number of ether oxygens (including phenoxy) is 1. The summed E-state index contributed by atoms with van der Waals surface area (Å²) in [5, 5.41) is 14.1. The molecule has 1 aliphatic heterocycles. The number of methoxy groups -OCH3 is 1. The van der Waals surface area contributed by atoms with Gasteiger partial charge in [0.25, 0.3) is 5.69 Å². The summed E-state index contributed by atoms with van der Waals surface area (Å²) in [6.45, 7) is 8.31. The lowest BCUT2D eigenvalue weighted by Crippen LogP contribution is -2.31. The van der Waals surface area contributed by atoms with Crippen molar-refractivity contribution in [2.75, 3.05) is 20.3 Å². The predicted molar refractivity (Wildman–Crippen MR) is 117 cm³/mol. The summed E-state index contributed by atoms with van der Waals surface area (Å²) in [7, 11) is -3.00. The number of hydrogen-bond donors (Lipinski definition) is 1. The monoisotopic (exact) mass is 462 g/mol. The molecule has 1 unspecified atom stereocenters. The highest BCUT2D eigenvalue weighted by molar-refractivity contribution is 7.58. The van der Waals surface area contributed by atoms with Crippen LogP contribution in [0.4, 0.5) is 5.69 Å². The van der Waals surface area contributed by atoms with E-state index in [1.807, 2.05) is 0 Å². The van der Waals surface area contributed by atoms with Crippen LogP contribution in [0.15, 0.2) is 71.9 Å². The Bertz CT molecular complexity index is 1040. The van der Waals surface area contributed by atoms with Crippen molar-refractivity contribution in [2.45, 2.75) is 12.8 Å². The molecule has 1 heterocycles. The van der Waals surface area contributed by atoms with E-state index in [1.165, 1.54) is 43.3 Å². The molecule has 1 N–H and O–H groups in total. The Hall–Kier alpha value is -3.33. The normalized spacial score (nSPS) is 16.2. The van der Waals surface area contributed by atoms with Crippen LogP contribution in [0.1, 0.15) is 18.4 Å². The second kappa shape index (κ2) is 10.8. The van der Waals surface area contributed by atoms with Gasteiger partial charge in [0, 0.05) is 17.8 Å². The summed E-state index contributed by atoms with van der Waals surface area (Å²) in [6, 6.07) is 5.41. The summed E-state index contributed by atoms with van der Waals surface area (Å²) in [5.41, 5.74) is -0.127. The fourth-order valence-electron chi connectivity index (χ4n) is 3.26. The molecule has 0 bridgehead atoms. The molecule has 170 valence electrons. The summed E-state index contributed by atoms with van der Waals surface area (Å²) in [6.07, 6.45) is 3.15. The van der Waals surface area contributed by atoms with Gasteiger partial charge in [0.2, 0.25) is 0 Å². The number of non-ortho nitro benzene ring substituents is 1. The lowest BCUT2D eigenvalue weighted by Gasteiger charge is -2.33. The van der Waals surface area contributed by atoms with Crippen molar-refractivity contribution >= 4 is 25.5 Å². The molecule has 2 rings (SSSR count). The highest BCUT2D eigenvalue weighted by Crippen LogP contribution is 2.64. The number of hydrogen-bond acceptors (Lipinski definition) is 9.